The highest BCUT2D eigenvalue weighted by Gasteiger charge is 2.32. The van der Waals surface area contributed by atoms with E-state index in [1.54, 1.807) is 6.20 Å². The number of nitrogens with zero attached hydrogens (tertiary/aromatic N) is 3. The van der Waals surface area contributed by atoms with Gasteiger partial charge in [0.2, 0.25) is 0 Å². The van der Waals surface area contributed by atoms with E-state index in [1.807, 2.05) is 31.2 Å². The minimum atomic E-state index is -0.777. The first-order valence-electron chi connectivity index (χ1n) is 13.0. The van der Waals surface area contributed by atoms with E-state index >= 15 is 0 Å². The molecule has 0 amide bonds. The lowest BCUT2D eigenvalue weighted by atomic mass is 9.82. The Morgan fingerprint density at radius 3 is 2.68 bits per heavy atom. The molecule has 0 aromatic carbocycles. The molecule has 0 bridgehead atoms. The van der Waals surface area contributed by atoms with E-state index in [0.717, 1.165) is 42.8 Å². The number of hydrogen-bond acceptors (Lipinski definition) is 8. The Labute approximate surface area is 223 Å². The molecule has 10 heteroatoms. The van der Waals surface area contributed by atoms with Gasteiger partial charge < -0.3 is 25.8 Å². The van der Waals surface area contributed by atoms with Crippen LogP contribution in [0.25, 0.3) is 11.3 Å². The summed E-state index contributed by atoms with van der Waals surface area (Å²) >= 11 is 6.52. The Morgan fingerprint density at radius 2 is 1.97 bits per heavy atom. The SMILES string of the molecule is C[C@@H](CC(=O)O)NC1CCC(Nc2cc(-c3cccc(NCC4(C#N)CCOCC4)n3)c(Cl)cn2)CC1. The van der Waals surface area contributed by atoms with Gasteiger partial charge in [0.05, 0.1) is 28.6 Å². The first kappa shape index (κ1) is 27.1. The molecule has 0 unspecified atom stereocenters. The molecule has 2 aliphatic rings. The van der Waals surface area contributed by atoms with E-state index in [4.69, 9.17) is 26.4 Å². The van der Waals surface area contributed by atoms with Crippen molar-refractivity contribution in [3.63, 3.8) is 0 Å². The van der Waals surface area contributed by atoms with Gasteiger partial charge in [0, 0.05) is 49.6 Å². The predicted octanol–water partition coefficient (Wildman–Crippen LogP) is 4.71. The molecule has 0 radical (unpaired) electrons. The van der Waals surface area contributed by atoms with Gasteiger partial charge in [-0.05, 0) is 63.6 Å². The third-order valence-corrected chi connectivity index (χ3v) is 7.56. The summed E-state index contributed by atoms with van der Waals surface area (Å²) in [6, 6.07) is 10.7. The van der Waals surface area contributed by atoms with Crippen molar-refractivity contribution >= 4 is 29.2 Å². The quantitative estimate of drug-likeness (QED) is 0.347. The standard InChI is InChI=1S/C27H35ClN6O3/c1-18(13-26(35)36)32-19-5-7-20(8-6-19)33-25-14-21(22(28)15-30-25)23-3-2-4-24(34-23)31-17-27(16-29)9-11-37-12-10-27/h2-4,14-15,18-20,32H,5-13,17H2,1H3,(H,30,33)(H,31,34)(H,35,36)/t18-,19?,20?/m0/s1. The van der Waals surface area contributed by atoms with E-state index in [9.17, 15) is 10.1 Å². The van der Waals surface area contributed by atoms with Crippen molar-refractivity contribution in [3.8, 4) is 17.3 Å². The van der Waals surface area contributed by atoms with Crippen molar-refractivity contribution < 1.29 is 14.6 Å². The van der Waals surface area contributed by atoms with E-state index in [2.05, 4.69) is 27.0 Å². The summed E-state index contributed by atoms with van der Waals surface area (Å²) in [4.78, 5) is 20.2. The lowest BCUT2D eigenvalue weighted by Gasteiger charge is -2.31. The molecule has 1 saturated carbocycles. The summed E-state index contributed by atoms with van der Waals surface area (Å²) in [5.41, 5.74) is 1.09. The average molecular weight is 527 g/mol. The molecular weight excluding hydrogens is 492 g/mol. The number of aromatic nitrogens is 2. The third-order valence-electron chi connectivity index (χ3n) is 7.26. The molecule has 3 heterocycles. The molecule has 37 heavy (non-hydrogen) atoms. The van der Waals surface area contributed by atoms with Crippen molar-refractivity contribution in [1.82, 2.24) is 15.3 Å². The van der Waals surface area contributed by atoms with Gasteiger partial charge in [-0.15, -0.1) is 0 Å². The maximum Gasteiger partial charge on any atom is 0.304 e. The van der Waals surface area contributed by atoms with Gasteiger partial charge in [-0.25, -0.2) is 9.97 Å². The Hall–Kier alpha value is -2.93. The van der Waals surface area contributed by atoms with Gasteiger partial charge in [0.15, 0.2) is 0 Å². The number of ether oxygens (including phenoxy) is 1. The molecule has 2 aromatic heterocycles. The van der Waals surface area contributed by atoms with Crippen LogP contribution in [0.4, 0.5) is 11.6 Å². The molecule has 1 aliphatic heterocycles. The Balaban J connectivity index is 1.36. The fourth-order valence-corrected chi connectivity index (χ4v) is 5.28. The Kier molecular flexibility index (Phi) is 9.19. The van der Waals surface area contributed by atoms with Crippen LogP contribution in [-0.4, -0.2) is 58.9 Å². The number of aliphatic carboxylic acids is 1. The van der Waals surface area contributed by atoms with Crippen LogP contribution in [0, 0.1) is 16.7 Å². The molecule has 9 nitrogen and oxygen atoms in total. The highest BCUT2D eigenvalue weighted by molar-refractivity contribution is 6.33. The summed E-state index contributed by atoms with van der Waals surface area (Å²) in [6.07, 6.45) is 7.10. The van der Waals surface area contributed by atoms with Gasteiger partial charge >= 0.3 is 5.97 Å². The number of carbonyl (C=O) groups is 1. The van der Waals surface area contributed by atoms with E-state index in [0.29, 0.717) is 49.5 Å². The highest BCUT2D eigenvalue weighted by atomic mass is 35.5. The summed E-state index contributed by atoms with van der Waals surface area (Å²) in [5, 5.41) is 29.5. The summed E-state index contributed by atoms with van der Waals surface area (Å²) in [6.45, 7) is 3.65. The van der Waals surface area contributed by atoms with Crippen molar-refractivity contribution in [2.24, 2.45) is 5.41 Å². The van der Waals surface area contributed by atoms with Gasteiger partial charge in [-0.2, -0.15) is 5.26 Å². The molecular formula is C27H35ClN6O3. The molecule has 198 valence electrons. The predicted molar refractivity (Wildman–Crippen MR) is 144 cm³/mol. The van der Waals surface area contributed by atoms with Crippen LogP contribution in [0.5, 0.6) is 0 Å². The van der Waals surface area contributed by atoms with Crippen molar-refractivity contribution in [1.29, 1.82) is 5.26 Å². The first-order valence-corrected chi connectivity index (χ1v) is 13.3. The van der Waals surface area contributed by atoms with E-state index < -0.39 is 11.4 Å². The fourth-order valence-electron chi connectivity index (χ4n) is 5.08. The summed E-state index contributed by atoms with van der Waals surface area (Å²) in [7, 11) is 0. The lowest BCUT2D eigenvalue weighted by molar-refractivity contribution is -0.137. The van der Waals surface area contributed by atoms with Crippen LogP contribution in [-0.2, 0) is 9.53 Å². The van der Waals surface area contributed by atoms with Crippen molar-refractivity contribution in [2.45, 2.75) is 70.0 Å². The van der Waals surface area contributed by atoms with E-state index in [1.165, 1.54) is 0 Å². The molecule has 1 aliphatic carbocycles. The van der Waals surface area contributed by atoms with Crippen molar-refractivity contribution in [3.05, 3.63) is 35.5 Å². The van der Waals surface area contributed by atoms with Crippen LogP contribution in [0.15, 0.2) is 30.5 Å². The van der Waals surface area contributed by atoms with Gasteiger partial charge in [-0.3, -0.25) is 4.79 Å². The Bertz CT molecular complexity index is 1110. The number of hydrogen-bond donors (Lipinski definition) is 4. The number of rotatable bonds is 10. The number of nitriles is 1. The van der Waals surface area contributed by atoms with E-state index in [-0.39, 0.29) is 18.5 Å². The third kappa shape index (κ3) is 7.54. The second kappa shape index (κ2) is 12.5. The minimum Gasteiger partial charge on any atom is -0.481 e. The van der Waals surface area contributed by atoms with Crippen LogP contribution in [0.1, 0.15) is 51.9 Å². The van der Waals surface area contributed by atoms with Gasteiger partial charge in [0.1, 0.15) is 11.6 Å². The zero-order valence-corrected chi connectivity index (χ0v) is 21.9. The number of carboxylic acid groups (broad SMARTS) is 1. The fraction of sp³-hybridized carbons (Fsp3) is 0.556. The number of anilines is 2. The molecule has 1 atom stereocenters. The number of pyridine rings is 2. The van der Waals surface area contributed by atoms with Crippen LogP contribution in [0.3, 0.4) is 0 Å². The van der Waals surface area contributed by atoms with Crippen LogP contribution < -0.4 is 16.0 Å². The summed E-state index contributed by atoms with van der Waals surface area (Å²) < 4.78 is 5.42. The topological polar surface area (TPSA) is 132 Å². The number of nitrogens with one attached hydrogen (secondary N) is 3. The first-order chi connectivity index (χ1) is 17.9. The van der Waals surface area contributed by atoms with Crippen LogP contribution in [0.2, 0.25) is 5.02 Å². The monoisotopic (exact) mass is 526 g/mol. The largest absolute Gasteiger partial charge is 0.481 e. The number of carboxylic acids is 1. The molecule has 1 saturated heterocycles. The Morgan fingerprint density at radius 1 is 1.24 bits per heavy atom. The smallest absolute Gasteiger partial charge is 0.304 e. The van der Waals surface area contributed by atoms with Crippen LogP contribution >= 0.6 is 11.6 Å². The number of halogens is 1. The van der Waals surface area contributed by atoms with Gasteiger partial charge in [-0.1, -0.05) is 17.7 Å². The highest BCUT2D eigenvalue weighted by Crippen LogP contribution is 2.32. The molecule has 2 fully saturated rings. The minimum absolute atomic E-state index is 0.0348. The zero-order chi connectivity index (χ0) is 26.3. The lowest BCUT2D eigenvalue weighted by Crippen LogP contribution is -2.42. The molecule has 2 aromatic rings. The maximum absolute atomic E-state index is 10.9. The maximum atomic E-state index is 10.9. The average Bonchev–Trinajstić information content (AvgIpc) is 2.90. The second-order valence-electron chi connectivity index (χ2n) is 10.2. The van der Waals surface area contributed by atoms with Crippen molar-refractivity contribution in [2.75, 3.05) is 30.4 Å². The zero-order valence-electron chi connectivity index (χ0n) is 21.2. The molecule has 4 rings (SSSR count). The molecule has 4 N–H and O–H groups in total. The van der Waals surface area contributed by atoms with Gasteiger partial charge in [0.25, 0.3) is 0 Å². The second-order valence-corrected chi connectivity index (χ2v) is 10.6. The summed E-state index contributed by atoms with van der Waals surface area (Å²) in [5.74, 6) is 0.672. The molecule has 0 spiro atoms. The normalized spacial score (nSPS) is 22.0.